The van der Waals surface area contributed by atoms with Crippen molar-refractivity contribution < 1.29 is 44.6 Å². The van der Waals surface area contributed by atoms with Gasteiger partial charge in [-0.15, -0.1) is 0 Å². The molecule has 2 aromatic heterocycles. The monoisotopic (exact) mass is 775 g/mol. The first-order valence-corrected chi connectivity index (χ1v) is 18.5. The molecule has 0 amide bonds. The van der Waals surface area contributed by atoms with Crippen LogP contribution in [0.3, 0.4) is 0 Å². The molecule has 0 aliphatic carbocycles. The summed E-state index contributed by atoms with van der Waals surface area (Å²) in [5.41, 5.74) is 2.25. The van der Waals surface area contributed by atoms with Gasteiger partial charge in [0.2, 0.25) is 5.75 Å². The summed E-state index contributed by atoms with van der Waals surface area (Å²) in [5.74, 6) is -6.19. The Bertz CT molecular complexity index is 3290. The lowest BCUT2D eigenvalue weighted by molar-refractivity contribution is 0.369. The number of phenolic OH excluding ortho intramolecular Hbond substituents is 7. The summed E-state index contributed by atoms with van der Waals surface area (Å²) >= 11 is 0. The van der Waals surface area contributed by atoms with E-state index in [9.17, 15) is 35.7 Å². The molecule has 7 N–H and O–H groups in total. The van der Waals surface area contributed by atoms with Gasteiger partial charge in [0.1, 0.15) is 35.9 Å². The molecular weight excluding hydrogens is 745 g/mol. The number of rotatable bonds is 6. The molecule has 10 nitrogen and oxygen atoms in total. The van der Waals surface area contributed by atoms with Gasteiger partial charge in [0.15, 0.2) is 34.5 Å². The van der Waals surface area contributed by atoms with E-state index in [1.165, 1.54) is 0 Å². The second-order valence-electron chi connectivity index (χ2n) is 14.1. The van der Waals surface area contributed by atoms with E-state index in [1.54, 1.807) is 84.9 Å². The molecule has 0 unspecified atom stereocenters. The number of nitrogens with zero attached hydrogens (tertiary/aromatic N) is 1. The quantitative estimate of drug-likeness (QED) is 0.0490. The van der Waals surface area contributed by atoms with Crippen LogP contribution >= 0.6 is 0 Å². The van der Waals surface area contributed by atoms with Crippen LogP contribution in [0.4, 0.5) is 17.1 Å². The zero-order chi connectivity index (χ0) is 40.7. The van der Waals surface area contributed by atoms with Crippen LogP contribution in [-0.2, 0) is 0 Å². The van der Waals surface area contributed by atoms with Gasteiger partial charge in [-0.1, -0.05) is 121 Å². The summed E-state index contributed by atoms with van der Waals surface area (Å²) in [7, 11) is 7.01. The van der Waals surface area contributed by atoms with Gasteiger partial charge in [-0.3, -0.25) is 4.90 Å². The summed E-state index contributed by atoms with van der Waals surface area (Å²) in [5, 5.41) is 85.3. The van der Waals surface area contributed by atoms with Crippen LogP contribution in [0.2, 0.25) is 0 Å². The minimum Gasteiger partial charge on any atom is -0.504 e. The van der Waals surface area contributed by atoms with Crippen molar-refractivity contribution in [1.82, 2.24) is 0 Å². The number of anilines is 3. The average Bonchev–Trinajstić information content (AvgIpc) is 3.84. The second-order valence-corrected chi connectivity index (χ2v) is 14.1. The minimum absolute atomic E-state index is 0.122. The lowest BCUT2D eigenvalue weighted by Gasteiger charge is -2.32. The highest BCUT2D eigenvalue weighted by Crippen LogP contribution is 2.61. The zero-order valence-electron chi connectivity index (χ0n) is 30.8. The fourth-order valence-electron chi connectivity index (χ4n) is 8.08. The van der Waals surface area contributed by atoms with E-state index in [2.05, 4.69) is 0 Å². The molecule has 59 heavy (non-hydrogen) atoms. The highest BCUT2D eigenvalue weighted by atomic mass is 16.3. The molecule has 0 fully saturated rings. The molecule has 10 aromatic rings. The standard InChI is InChI=1S/C48H30BNO9/c49-38-37(30-15-8-14-28-27-12-4-6-17-32(27)59-48(28)30)43(53)47(57)44(54)39(38)50(31-16-9-19-34-36(31)29-13-5-7-18-33(29)58-34)40-45(55)41(51)35(42(52)46(40)56)26-22-20-25(21-23-26)24-10-2-1-3-11-24/h1-23,51-57H. The fourth-order valence-corrected chi connectivity index (χ4v) is 8.08. The van der Waals surface area contributed by atoms with Gasteiger partial charge >= 0.3 is 0 Å². The number of hydrogen-bond donors (Lipinski definition) is 7. The predicted octanol–water partition coefficient (Wildman–Crippen LogP) is 10.7. The van der Waals surface area contributed by atoms with Crippen LogP contribution < -0.4 is 10.4 Å². The van der Waals surface area contributed by atoms with Gasteiger partial charge in [0.25, 0.3) is 0 Å². The Hall–Kier alpha value is -8.18. The van der Waals surface area contributed by atoms with Crippen molar-refractivity contribution >= 4 is 74.2 Å². The summed E-state index contributed by atoms with van der Waals surface area (Å²) in [6.07, 6.45) is 0. The first-order chi connectivity index (χ1) is 28.6. The van der Waals surface area contributed by atoms with Crippen molar-refractivity contribution in [3.8, 4) is 73.6 Å². The first-order valence-electron chi connectivity index (χ1n) is 18.5. The number of hydrogen-bond acceptors (Lipinski definition) is 10. The van der Waals surface area contributed by atoms with Gasteiger partial charge in [0, 0.05) is 27.3 Å². The average molecular weight is 776 g/mol. The van der Waals surface area contributed by atoms with E-state index in [1.807, 2.05) is 54.6 Å². The zero-order valence-corrected chi connectivity index (χ0v) is 30.8. The molecule has 0 aliphatic heterocycles. The third kappa shape index (κ3) is 5.22. The molecule has 0 spiro atoms. The van der Waals surface area contributed by atoms with Crippen molar-refractivity contribution in [2.24, 2.45) is 0 Å². The Labute approximate surface area is 336 Å². The summed E-state index contributed by atoms with van der Waals surface area (Å²) < 4.78 is 12.4. The molecule has 8 aromatic carbocycles. The summed E-state index contributed by atoms with van der Waals surface area (Å²) in [6, 6.07) is 40.8. The lowest BCUT2D eigenvalue weighted by atomic mass is 9.82. The Morgan fingerprint density at radius 2 is 0.915 bits per heavy atom. The third-order valence-electron chi connectivity index (χ3n) is 10.8. The van der Waals surface area contributed by atoms with E-state index < -0.39 is 51.6 Å². The molecule has 2 heterocycles. The van der Waals surface area contributed by atoms with Crippen molar-refractivity contribution in [1.29, 1.82) is 0 Å². The number of aromatic hydroxyl groups is 7. The van der Waals surface area contributed by atoms with E-state index in [-0.39, 0.29) is 33.4 Å². The maximum absolute atomic E-state index is 12.1. The van der Waals surface area contributed by atoms with Crippen molar-refractivity contribution in [2.45, 2.75) is 0 Å². The normalized spacial score (nSPS) is 11.6. The first kappa shape index (κ1) is 35.3. The molecule has 10 rings (SSSR count). The maximum Gasteiger partial charge on any atom is 0.203 e. The largest absolute Gasteiger partial charge is 0.504 e. The summed E-state index contributed by atoms with van der Waals surface area (Å²) in [6.45, 7) is 0. The van der Waals surface area contributed by atoms with Gasteiger partial charge in [-0.25, -0.2) is 0 Å². The molecule has 11 heteroatoms. The molecular formula is C48H30BNO9. The van der Waals surface area contributed by atoms with Crippen LogP contribution in [-0.4, -0.2) is 43.6 Å². The van der Waals surface area contributed by atoms with Crippen molar-refractivity contribution in [3.63, 3.8) is 0 Å². The molecule has 284 valence electrons. The molecule has 0 saturated carbocycles. The van der Waals surface area contributed by atoms with E-state index in [0.29, 0.717) is 38.5 Å². The number of para-hydroxylation sites is 3. The Morgan fingerprint density at radius 3 is 1.63 bits per heavy atom. The molecule has 0 bridgehead atoms. The van der Waals surface area contributed by atoms with Gasteiger partial charge in [-0.05, 0) is 41.0 Å². The third-order valence-corrected chi connectivity index (χ3v) is 10.8. The van der Waals surface area contributed by atoms with Crippen molar-refractivity contribution in [2.75, 3.05) is 4.90 Å². The topological polar surface area (TPSA) is 171 Å². The van der Waals surface area contributed by atoms with Gasteiger partial charge in [-0.2, -0.15) is 0 Å². The van der Waals surface area contributed by atoms with E-state index in [0.717, 1.165) is 21.4 Å². The predicted molar refractivity (Wildman–Crippen MR) is 229 cm³/mol. The highest BCUT2D eigenvalue weighted by Gasteiger charge is 2.36. The van der Waals surface area contributed by atoms with Crippen LogP contribution in [0.15, 0.2) is 148 Å². The van der Waals surface area contributed by atoms with Crippen molar-refractivity contribution in [3.05, 3.63) is 140 Å². The molecule has 0 aliphatic rings. The van der Waals surface area contributed by atoms with Crippen LogP contribution in [0.1, 0.15) is 0 Å². The van der Waals surface area contributed by atoms with Crippen LogP contribution in [0, 0.1) is 0 Å². The van der Waals surface area contributed by atoms with Crippen LogP contribution in [0.5, 0.6) is 40.2 Å². The van der Waals surface area contributed by atoms with E-state index in [4.69, 9.17) is 16.7 Å². The smallest absolute Gasteiger partial charge is 0.203 e. The number of benzene rings is 8. The maximum atomic E-state index is 12.1. The molecule has 2 radical (unpaired) electrons. The van der Waals surface area contributed by atoms with Crippen LogP contribution in [0.25, 0.3) is 77.3 Å². The number of phenols is 7. The van der Waals surface area contributed by atoms with Gasteiger partial charge < -0.3 is 44.6 Å². The minimum atomic E-state index is -0.992. The van der Waals surface area contributed by atoms with E-state index >= 15 is 0 Å². The SMILES string of the molecule is [B]c1c(-c2cccc3c2oc2ccccc23)c(O)c(O)c(O)c1N(c1c(O)c(O)c(-c2ccc(-c3ccccc3)cc2)c(O)c1O)c1cccc2oc3ccccc3c12. The van der Waals surface area contributed by atoms with Gasteiger partial charge in [0.05, 0.1) is 22.3 Å². The highest BCUT2D eigenvalue weighted by molar-refractivity contribution is 6.42. The Balaban J connectivity index is 1.27. The number of fused-ring (bicyclic) bond motifs is 6. The number of furan rings is 2. The Kier molecular flexibility index (Phi) is 7.89. The molecule has 0 atom stereocenters. The fraction of sp³-hybridized carbons (Fsp3) is 0. The second kappa shape index (κ2) is 13.2. The lowest BCUT2D eigenvalue weighted by Crippen LogP contribution is -2.22. The molecule has 0 saturated heterocycles. The Morgan fingerprint density at radius 1 is 0.390 bits per heavy atom. The summed E-state index contributed by atoms with van der Waals surface area (Å²) in [4.78, 5) is 1.10.